The highest BCUT2D eigenvalue weighted by Gasteiger charge is 2.32. The van der Waals surface area contributed by atoms with E-state index in [2.05, 4.69) is 35.8 Å². The molecule has 0 aromatic carbocycles. The van der Waals surface area contributed by atoms with Crippen LogP contribution in [0.25, 0.3) is 0 Å². The lowest BCUT2D eigenvalue weighted by atomic mass is 9.87. The van der Waals surface area contributed by atoms with Gasteiger partial charge in [0.1, 0.15) is 0 Å². The van der Waals surface area contributed by atoms with Crippen LogP contribution in [0, 0.1) is 5.41 Å². The topological polar surface area (TPSA) is 35.5 Å². The molecule has 2 atom stereocenters. The van der Waals surface area contributed by atoms with Gasteiger partial charge in [0.05, 0.1) is 6.61 Å². The second kappa shape index (κ2) is 6.60. The molecule has 2 saturated heterocycles. The van der Waals surface area contributed by atoms with Crippen LogP contribution in [0.1, 0.15) is 33.1 Å². The summed E-state index contributed by atoms with van der Waals surface area (Å²) in [6.07, 6.45) is 3.88. The van der Waals surface area contributed by atoms with Gasteiger partial charge in [0, 0.05) is 30.9 Å². The molecule has 2 heterocycles. The average Bonchev–Trinajstić information content (AvgIpc) is 2.80. The molecule has 106 valence electrons. The monoisotopic (exact) mass is 272 g/mol. The lowest BCUT2D eigenvalue weighted by Gasteiger charge is -2.41. The van der Waals surface area contributed by atoms with Crippen LogP contribution in [0.4, 0.5) is 0 Å². The zero-order valence-electron chi connectivity index (χ0n) is 11.8. The summed E-state index contributed by atoms with van der Waals surface area (Å²) >= 11 is 2.08. The van der Waals surface area contributed by atoms with Crippen molar-refractivity contribution in [2.45, 2.75) is 45.2 Å². The molecule has 2 rings (SSSR count). The van der Waals surface area contributed by atoms with E-state index in [1.807, 2.05) is 0 Å². The fourth-order valence-electron chi connectivity index (χ4n) is 3.21. The van der Waals surface area contributed by atoms with Gasteiger partial charge in [0.15, 0.2) is 0 Å². The molecule has 4 heteroatoms. The predicted molar refractivity (Wildman–Crippen MR) is 79.2 cm³/mol. The minimum absolute atomic E-state index is 0.286. The van der Waals surface area contributed by atoms with Gasteiger partial charge < -0.3 is 10.4 Å². The van der Waals surface area contributed by atoms with E-state index in [0.29, 0.717) is 17.5 Å². The van der Waals surface area contributed by atoms with Crippen molar-refractivity contribution in [1.29, 1.82) is 0 Å². The van der Waals surface area contributed by atoms with Crippen LogP contribution in [-0.4, -0.2) is 59.8 Å². The molecule has 2 fully saturated rings. The van der Waals surface area contributed by atoms with Gasteiger partial charge in [0.25, 0.3) is 0 Å². The Bertz CT molecular complexity index is 254. The third-order valence-electron chi connectivity index (χ3n) is 4.11. The van der Waals surface area contributed by atoms with E-state index in [9.17, 15) is 5.11 Å². The minimum atomic E-state index is 0.286. The minimum Gasteiger partial charge on any atom is -0.395 e. The van der Waals surface area contributed by atoms with Crippen molar-refractivity contribution < 1.29 is 5.11 Å². The van der Waals surface area contributed by atoms with Crippen molar-refractivity contribution in [2.24, 2.45) is 5.41 Å². The quantitative estimate of drug-likeness (QED) is 0.796. The molecular weight excluding hydrogens is 244 g/mol. The Labute approximate surface area is 116 Å². The Morgan fingerprint density at radius 1 is 1.44 bits per heavy atom. The molecule has 0 amide bonds. The lowest BCUT2D eigenvalue weighted by molar-refractivity contribution is 0.119. The summed E-state index contributed by atoms with van der Waals surface area (Å²) in [6.45, 7) is 8.15. The van der Waals surface area contributed by atoms with Gasteiger partial charge in [-0.1, -0.05) is 13.8 Å². The number of hydrogen-bond acceptors (Lipinski definition) is 4. The molecule has 0 aromatic heterocycles. The van der Waals surface area contributed by atoms with Crippen molar-refractivity contribution >= 4 is 11.8 Å². The first kappa shape index (κ1) is 14.6. The highest BCUT2D eigenvalue weighted by molar-refractivity contribution is 7.99. The van der Waals surface area contributed by atoms with Crippen LogP contribution in [0.15, 0.2) is 0 Å². The van der Waals surface area contributed by atoms with Gasteiger partial charge in [-0.2, -0.15) is 11.8 Å². The van der Waals surface area contributed by atoms with Gasteiger partial charge in [-0.3, -0.25) is 4.90 Å². The Hall–Kier alpha value is 0.230. The van der Waals surface area contributed by atoms with E-state index in [1.54, 1.807) is 0 Å². The summed E-state index contributed by atoms with van der Waals surface area (Å²) < 4.78 is 0. The van der Waals surface area contributed by atoms with Gasteiger partial charge in [-0.05, 0) is 37.0 Å². The maximum Gasteiger partial charge on any atom is 0.0558 e. The summed E-state index contributed by atoms with van der Waals surface area (Å²) in [5.74, 6) is 2.51. The summed E-state index contributed by atoms with van der Waals surface area (Å²) in [5.41, 5.74) is 0.449. The molecule has 2 N–H and O–H groups in total. The molecular formula is C14H28N2OS. The third-order valence-corrected chi connectivity index (χ3v) is 5.72. The van der Waals surface area contributed by atoms with Gasteiger partial charge >= 0.3 is 0 Å². The number of aliphatic hydroxyl groups is 1. The third kappa shape index (κ3) is 4.12. The number of hydrogen-bond donors (Lipinski definition) is 2. The van der Waals surface area contributed by atoms with Crippen molar-refractivity contribution in [3.8, 4) is 0 Å². The van der Waals surface area contributed by atoms with E-state index in [4.69, 9.17) is 0 Å². The molecule has 2 aliphatic heterocycles. The fourth-order valence-corrected chi connectivity index (χ4v) is 4.60. The highest BCUT2D eigenvalue weighted by Crippen LogP contribution is 2.35. The zero-order valence-corrected chi connectivity index (χ0v) is 12.6. The van der Waals surface area contributed by atoms with E-state index in [1.165, 1.54) is 37.3 Å². The Balaban J connectivity index is 1.90. The zero-order chi connectivity index (χ0) is 13.0. The highest BCUT2D eigenvalue weighted by atomic mass is 32.2. The van der Waals surface area contributed by atoms with E-state index < -0.39 is 0 Å². The van der Waals surface area contributed by atoms with Gasteiger partial charge in [0.2, 0.25) is 0 Å². The first-order valence-corrected chi connectivity index (χ1v) is 8.42. The molecule has 2 unspecified atom stereocenters. The summed E-state index contributed by atoms with van der Waals surface area (Å²) in [7, 11) is 0. The van der Waals surface area contributed by atoms with E-state index >= 15 is 0 Å². The SMILES string of the molecule is CC1(C)CSCC(N(CCO)CC2CCCN2)C1. The molecule has 0 spiro atoms. The molecule has 0 aromatic rings. The van der Waals surface area contributed by atoms with E-state index in [0.717, 1.165) is 13.1 Å². The number of nitrogens with zero attached hydrogens (tertiary/aromatic N) is 1. The predicted octanol–water partition coefficient (Wildman–Crippen LogP) is 1.56. The maximum absolute atomic E-state index is 9.30. The van der Waals surface area contributed by atoms with Gasteiger partial charge in [-0.25, -0.2) is 0 Å². The Morgan fingerprint density at radius 3 is 2.89 bits per heavy atom. The molecule has 18 heavy (non-hydrogen) atoms. The second-order valence-corrected chi connectivity index (χ2v) is 7.58. The van der Waals surface area contributed by atoms with Crippen molar-refractivity contribution in [1.82, 2.24) is 10.2 Å². The van der Waals surface area contributed by atoms with Crippen LogP contribution in [0.2, 0.25) is 0 Å². The largest absolute Gasteiger partial charge is 0.395 e. The number of aliphatic hydroxyl groups excluding tert-OH is 1. The summed E-state index contributed by atoms with van der Waals surface area (Å²) in [6, 6.07) is 1.29. The van der Waals surface area contributed by atoms with Gasteiger partial charge in [-0.15, -0.1) is 0 Å². The van der Waals surface area contributed by atoms with Crippen LogP contribution >= 0.6 is 11.8 Å². The normalized spacial score (nSPS) is 32.0. The van der Waals surface area contributed by atoms with Crippen LogP contribution in [0.5, 0.6) is 0 Å². The number of thioether (sulfide) groups is 1. The lowest BCUT2D eigenvalue weighted by Crippen LogP contribution is -2.49. The van der Waals surface area contributed by atoms with Crippen LogP contribution in [0.3, 0.4) is 0 Å². The fraction of sp³-hybridized carbons (Fsp3) is 1.00. The van der Waals surface area contributed by atoms with Crippen LogP contribution < -0.4 is 5.32 Å². The molecule has 0 bridgehead atoms. The Kier molecular flexibility index (Phi) is 5.36. The standard InChI is InChI=1S/C14H28N2OS/c1-14(2)8-13(10-18-11-14)16(6-7-17)9-12-4-3-5-15-12/h12-13,15,17H,3-11H2,1-2H3. The molecule has 2 aliphatic rings. The van der Waals surface area contributed by atoms with Crippen molar-refractivity contribution in [3.05, 3.63) is 0 Å². The van der Waals surface area contributed by atoms with Crippen LogP contribution in [-0.2, 0) is 0 Å². The first-order valence-electron chi connectivity index (χ1n) is 7.27. The molecule has 0 saturated carbocycles. The molecule has 0 radical (unpaired) electrons. The average molecular weight is 272 g/mol. The second-order valence-electron chi connectivity index (χ2n) is 6.55. The summed E-state index contributed by atoms with van der Waals surface area (Å²) in [4.78, 5) is 2.52. The maximum atomic E-state index is 9.30. The molecule has 0 aliphatic carbocycles. The van der Waals surface area contributed by atoms with E-state index in [-0.39, 0.29) is 6.61 Å². The van der Waals surface area contributed by atoms with Crippen molar-refractivity contribution in [3.63, 3.8) is 0 Å². The Morgan fingerprint density at radius 2 is 2.28 bits per heavy atom. The number of nitrogens with one attached hydrogen (secondary N) is 1. The molecule has 3 nitrogen and oxygen atoms in total. The van der Waals surface area contributed by atoms with Crippen molar-refractivity contribution in [2.75, 3.05) is 37.7 Å². The smallest absolute Gasteiger partial charge is 0.0558 e. The first-order chi connectivity index (χ1) is 8.61. The number of rotatable bonds is 5. The summed E-state index contributed by atoms with van der Waals surface area (Å²) in [5, 5.41) is 12.9.